The van der Waals surface area contributed by atoms with Crippen LogP contribution in [0.3, 0.4) is 0 Å². The maximum atomic E-state index is 13.5. The Morgan fingerprint density at radius 1 is 1.26 bits per heavy atom. The van der Waals surface area contributed by atoms with E-state index in [1.807, 2.05) is 13.8 Å². The third-order valence-corrected chi connectivity index (χ3v) is 5.15. The lowest BCUT2D eigenvalue weighted by atomic mass is 10.2. The predicted molar refractivity (Wildman–Crippen MR) is 70.8 cm³/mol. The van der Waals surface area contributed by atoms with E-state index in [1.54, 1.807) is 0 Å². The molecule has 0 spiro atoms. The zero-order chi connectivity index (χ0) is 14.6. The summed E-state index contributed by atoms with van der Waals surface area (Å²) in [7, 11) is -3.86. The van der Waals surface area contributed by atoms with Gasteiger partial charge >= 0.3 is 0 Å². The number of benzene rings is 1. The maximum Gasteiger partial charge on any atom is 0.184 e. The van der Waals surface area contributed by atoms with E-state index in [9.17, 15) is 17.2 Å². The molecule has 0 amide bonds. The summed E-state index contributed by atoms with van der Waals surface area (Å²) < 4.78 is 51.1. The van der Waals surface area contributed by atoms with Gasteiger partial charge in [-0.25, -0.2) is 17.2 Å². The van der Waals surface area contributed by atoms with Crippen LogP contribution in [-0.4, -0.2) is 26.3 Å². The molecule has 3 nitrogen and oxygen atoms in total. The van der Waals surface area contributed by atoms with Crippen LogP contribution in [-0.2, 0) is 9.84 Å². The Hall–Kier alpha value is -1.01. The van der Waals surface area contributed by atoms with Crippen LogP contribution in [0.2, 0.25) is 0 Å². The number of hydrogen-bond donors (Lipinski definition) is 1. The summed E-state index contributed by atoms with van der Waals surface area (Å²) in [5.41, 5.74) is 0. The number of halogens is 2. The molecule has 0 fully saturated rings. The molecule has 0 aliphatic heterocycles. The highest BCUT2D eigenvalue weighted by atomic mass is 32.2. The first kappa shape index (κ1) is 16.0. The molecule has 6 heteroatoms. The minimum absolute atomic E-state index is 0.00797. The van der Waals surface area contributed by atoms with Crippen LogP contribution in [0, 0.1) is 11.6 Å². The van der Waals surface area contributed by atoms with Crippen molar-refractivity contribution in [2.24, 2.45) is 0 Å². The molecule has 0 aliphatic rings. The van der Waals surface area contributed by atoms with Crippen molar-refractivity contribution in [3.05, 3.63) is 29.8 Å². The average Bonchev–Trinajstić information content (AvgIpc) is 2.32. The van der Waals surface area contributed by atoms with E-state index in [0.717, 1.165) is 24.7 Å². The number of nitrogens with one attached hydrogen (secondary N) is 1. The molecule has 1 aromatic carbocycles. The van der Waals surface area contributed by atoms with Crippen molar-refractivity contribution in [1.82, 2.24) is 5.32 Å². The Morgan fingerprint density at radius 2 is 1.89 bits per heavy atom. The Balaban J connectivity index is 3.00. The van der Waals surface area contributed by atoms with Crippen LogP contribution in [0.5, 0.6) is 0 Å². The average molecular weight is 291 g/mol. The largest absolute Gasteiger partial charge is 0.314 e. The van der Waals surface area contributed by atoms with Crippen LogP contribution < -0.4 is 5.32 Å². The highest BCUT2D eigenvalue weighted by Crippen LogP contribution is 2.23. The van der Waals surface area contributed by atoms with Gasteiger partial charge in [0, 0.05) is 6.04 Å². The Labute approximate surface area is 112 Å². The Morgan fingerprint density at radius 3 is 2.47 bits per heavy atom. The van der Waals surface area contributed by atoms with E-state index < -0.39 is 31.6 Å². The van der Waals surface area contributed by atoms with E-state index in [-0.39, 0.29) is 6.04 Å². The van der Waals surface area contributed by atoms with Crippen molar-refractivity contribution in [2.45, 2.75) is 43.4 Å². The fraction of sp³-hybridized carbons (Fsp3) is 0.538. The van der Waals surface area contributed by atoms with Crippen molar-refractivity contribution in [3.8, 4) is 0 Å². The SMILES string of the molecule is CCNC(C)CC(C)S(=O)(=O)c1cc(F)ccc1F. The highest BCUT2D eigenvalue weighted by Gasteiger charge is 2.28. The molecule has 1 rings (SSSR count). The standard InChI is InChI=1S/C13H19F2NO2S/c1-4-16-9(2)7-10(3)19(17,18)13-8-11(14)5-6-12(13)15/h5-6,8-10,16H,4,7H2,1-3H3. The van der Waals surface area contributed by atoms with Crippen molar-refractivity contribution >= 4 is 9.84 Å². The van der Waals surface area contributed by atoms with E-state index >= 15 is 0 Å². The van der Waals surface area contributed by atoms with Crippen LogP contribution in [0.15, 0.2) is 23.1 Å². The lowest BCUT2D eigenvalue weighted by molar-refractivity contribution is 0.503. The molecular weight excluding hydrogens is 272 g/mol. The zero-order valence-electron chi connectivity index (χ0n) is 11.3. The third kappa shape index (κ3) is 3.98. The van der Waals surface area contributed by atoms with Crippen molar-refractivity contribution in [2.75, 3.05) is 6.54 Å². The quantitative estimate of drug-likeness (QED) is 0.876. The van der Waals surface area contributed by atoms with E-state index in [2.05, 4.69) is 5.32 Å². The monoisotopic (exact) mass is 291 g/mol. The second-order valence-corrected chi connectivity index (χ2v) is 6.96. The van der Waals surface area contributed by atoms with Gasteiger partial charge in [0.2, 0.25) is 0 Å². The van der Waals surface area contributed by atoms with Gasteiger partial charge in [0.05, 0.1) is 5.25 Å². The zero-order valence-corrected chi connectivity index (χ0v) is 12.1. The summed E-state index contributed by atoms with van der Waals surface area (Å²) in [4.78, 5) is -0.566. The fourth-order valence-electron chi connectivity index (χ4n) is 1.97. The number of hydrogen-bond acceptors (Lipinski definition) is 3. The molecule has 1 aromatic rings. The Bertz CT molecular complexity index is 531. The van der Waals surface area contributed by atoms with Gasteiger partial charge in [-0.05, 0) is 45.0 Å². The molecule has 108 valence electrons. The van der Waals surface area contributed by atoms with Crippen molar-refractivity contribution in [1.29, 1.82) is 0 Å². The van der Waals surface area contributed by atoms with Crippen molar-refractivity contribution in [3.63, 3.8) is 0 Å². The lowest BCUT2D eigenvalue weighted by Crippen LogP contribution is -2.32. The summed E-state index contributed by atoms with van der Waals surface area (Å²) in [5.74, 6) is -1.67. The predicted octanol–water partition coefficient (Wildman–Crippen LogP) is 2.52. The molecule has 0 saturated heterocycles. The van der Waals surface area contributed by atoms with Gasteiger partial charge in [-0.2, -0.15) is 0 Å². The molecule has 19 heavy (non-hydrogen) atoms. The molecule has 2 unspecified atom stereocenters. The first-order valence-corrected chi connectivity index (χ1v) is 7.76. The van der Waals surface area contributed by atoms with Crippen LogP contribution in [0.25, 0.3) is 0 Å². The summed E-state index contributed by atoms with van der Waals surface area (Å²) in [6, 6.07) is 2.47. The molecule has 2 atom stereocenters. The molecular formula is C13H19F2NO2S. The highest BCUT2D eigenvalue weighted by molar-refractivity contribution is 7.92. The first-order valence-electron chi connectivity index (χ1n) is 6.21. The molecule has 0 radical (unpaired) electrons. The second-order valence-electron chi connectivity index (χ2n) is 4.62. The van der Waals surface area contributed by atoms with Gasteiger partial charge in [-0.3, -0.25) is 0 Å². The Kier molecular flexibility index (Phi) is 5.43. The van der Waals surface area contributed by atoms with Gasteiger partial charge in [0.15, 0.2) is 9.84 Å². The molecule has 1 N–H and O–H groups in total. The van der Waals surface area contributed by atoms with Gasteiger partial charge in [-0.15, -0.1) is 0 Å². The third-order valence-electron chi connectivity index (χ3n) is 2.97. The van der Waals surface area contributed by atoms with Gasteiger partial charge in [-0.1, -0.05) is 6.92 Å². The number of sulfone groups is 1. The smallest absolute Gasteiger partial charge is 0.184 e. The van der Waals surface area contributed by atoms with Crippen LogP contribution in [0.4, 0.5) is 8.78 Å². The normalized spacial score (nSPS) is 15.2. The second kappa shape index (κ2) is 6.43. The molecule has 0 aromatic heterocycles. The summed E-state index contributed by atoms with van der Waals surface area (Å²) in [5, 5.41) is 2.31. The summed E-state index contributed by atoms with van der Waals surface area (Å²) in [6.07, 6.45) is 0.339. The minimum Gasteiger partial charge on any atom is -0.314 e. The topological polar surface area (TPSA) is 46.2 Å². The number of rotatable bonds is 6. The van der Waals surface area contributed by atoms with Crippen LogP contribution >= 0.6 is 0 Å². The van der Waals surface area contributed by atoms with E-state index in [1.165, 1.54) is 6.92 Å². The van der Waals surface area contributed by atoms with Crippen molar-refractivity contribution < 1.29 is 17.2 Å². The van der Waals surface area contributed by atoms with Gasteiger partial charge in [0.25, 0.3) is 0 Å². The summed E-state index contributed by atoms with van der Waals surface area (Å²) >= 11 is 0. The minimum atomic E-state index is -3.86. The maximum absolute atomic E-state index is 13.5. The first-order chi connectivity index (χ1) is 8.78. The fourth-order valence-corrected chi connectivity index (χ4v) is 3.56. The molecule has 0 saturated carbocycles. The van der Waals surface area contributed by atoms with E-state index in [0.29, 0.717) is 6.42 Å². The van der Waals surface area contributed by atoms with Gasteiger partial charge in [0.1, 0.15) is 16.5 Å². The molecule has 0 bridgehead atoms. The lowest BCUT2D eigenvalue weighted by Gasteiger charge is -2.18. The van der Waals surface area contributed by atoms with E-state index in [4.69, 9.17) is 0 Å². The molecule has 0 aliphatic carbocycles. The van der Waals surface area contributed by atoms with Crippen LogP contribution in [0.1, 0.15) is 27.2 Å². The van der Waals surface area contributed by atoms with Gasteiger partial charge < -0.3 is 5.32 Å². The molecule has 0 heterocycles. The summed E-state index contributed by atoms with van der Waals surface area (Å²) in [6.45, 7) is 6.01.